The lowest BCUT2D eigenvalue weighted by molar-refractivity contribution is -0.235. The predicted octanol–water partition coefficient (Wildman–Crippen LogP) is 2.46. The average molecular weight is 320 g/mol. The summed E-state index contributed by atoms with van der Waals surface area (Å²) in [6.07, 6.45) is 0.958. The Bertz CT molecular complexity index is 592. The smallest absolute Gasteiger partial charge is 0.342 e. The van der Waals surface area contributed by atoms with Gasteiger partial charge in [0.05, 0.1) is 18.3 Å². The maximum absolute atomic E-state index is 11.8. The van der Waals surface area contributed by atoms with Crippen LogP contribution in [0.1, 0.15) is 43.7 Å². The van der Waals surface area contributed by atoms with Gasteiger partial charge in [-0.25, -0.2) is 4.79 Å². The Hall–Kier alpha value is -2.21. The van der Waals surface area contributed by atoms with Crippen LogP contribution in [0.15, 0.2) is 24.3 Å². The summed E-state index contributed by atoms with van der Waals surface area (Å²) in [6.45, 7) is 4.25. The molecule has 124 valence electrons. The van der Waals surface area contributed by atoms with E-state index >= 15 is 0 Å². The molecule has 0 spiro atoms. The van der Waals surface area contributed by atoms with Crippen LogP contribution in [0.2, 0.25) is 0 Å². The Morgan fingerprint density at radius 2 is 1.83 bits per heavy atom. The Labute approximate surface area is 134 Å². The van der Waals surface area contributed by atoms with E-state index in [2.05, 4.69) is 23.5 Å². The standard InChI is InChI=1S/C17H20O6/c1-3-10(2)12-6-4-11(5-7-12)8-13-14(9-15(18)23-21)17(20)22-16(13)19/h4-7,10,13-14,21H,3,8-9H2,1-2H3. The molecule has 1 aliphatic heterocycles. The Morgan fingerprint density at radius 1 is 1.22 bits per heavy atom. The molecule has 1 aliphatic rings. The Balaban J connectivity index is 2.11. The quantitative estimate of drug-likeness (QED) is 0.375. The van der Waals surface area contributed by atoms with Crippen molar-refractivity contribution in [1.29, 1.82) is 0 Å². The molecule has 3 atom stereocenters. The number of cyclic esters (lactones) is 2. The summed E-state index contributed by atoms with van der Waals surface area (Å²) in [5, 5.41) is 8.34. The number of carbonyl (C=O) groups is 3. The number of hydrogen-bond acceptors (Lipinski definition) is 6. The maximum Gasteiger partial charge on any atom is 0.342 e. The zero-order valence-corrected chi connectivity index (χ0v) is 13.2. The first kappa shape index (κ1) is 17.1. The van der Waals surface area contributed by atoms with Crippen molar-refractivity contribution >= 4 is 17.9 Å². The SMILES string of the molecule is CCC(C)c1ccc(CC2C(=O)OC(=O)C2CC(=O)OO)cc1. The third kappa shape index (κ3) is 3.96. The Morgan fingerprint density at radius 3 is 2.39 bits per heavy atom. The van der Waals surface area contributed by atoms with Gasteiger partial charge in [0.1, 0.15) is 0 Å². The topological polar surface area (TPSA) is 89.9 Å². The molecule has 0 amide bonds. The maximum atomic E-state index is 11.8. The van der Waals surface area contributed by atoms with Gasteiger partial charge >= 0.3 is 17.9 Å². The van der Waals surface area contributed by atoms with Gasteiger partial charge in [-0.2, -0.15) is 5.26 Å². The fourth-order valence-corrected chi connectivity index (χ4v) is 2.72. The van der Waals surface area contributed by atoms with Crippen molar-refractivity contribution in [2.24, 2.45) is 11.8 Å². The summed E-state index contributed by atoms with van der Waals surface area (Å²) in [5.41, 5.74) is 2.10. The zero-order chi connectivity index (χ0) is 17.0. The zero-order valence-electron chi connectivity index (χ0n) is 13.2. The van der Waals surface area contributed by atoms with Gasteiger partial charge in [0, 0.05) is 0 Å². The molecule has 0 bridgehead atoms. The minimum atomic E-state index is -0.959. The molecule has 1 saturated heterocycles. The van der Waals surface area contributed by atoms with E-state index in [9.17, 15) is 14.4 Å². The summed E-state index contributed by atoms with van der Waals surface area (Å²) >= 11 is 0. The third-order valence-corrected chi connectivity index (χ3v) is 4.40. The highest BCUT2D eigenvalue weighted by molar-refractivity contribution is 5.98. The van der Waals surface area contributed by atoms with Crippen LogP contribution in [0, 0.1) is 11.8 Å². The van der Waals surface area contributed by atoms with Crippen LogP contribution in [0.4, 0.5) is 0 Å². The fourth-order valence-electron chi connectivity index (χ4n) is 2.72. The molecule has 1 N–H and O–H groups in total. The molecular weight excluding hydrogens is 300 g/mol. The number of esters is 2. The van der Waals surface area contributed by atoms with Gasteiger partial charge in [-0.15, -0.1) is 0 Å². The van der Waals surface area contributed by atoms with E-state index in [-0.39, 0.29) is 6.42 Å². The molecule has 0 radical (unpaired) electrons. The number of hydrogen-bond donors (Lipinski definition) is 1. The number of rotatable bonds is 6. The molecule has 3 unspecified atom stereocenters. The lowest BCUT2D eigenvalue weighted by Gasteiger charge is -2.13. The lowest BCUT2D eigenvalue weighted by atomic mass is 9.86. The van der Waals surface area contributed by atoms with Crippen LogP contribution >= 0.6 is 0 Å². The van der Waals surface area contributed by atoms with Crippen LogP contribution in [-0.4, -0.2) is 23.2 Å². The van der Waals surface area contributed by atoms with Crippen LogP contribution in [0.5, 0.6) is 0 Å². The van der Waals surface area contributed by atoms with E-state index in [0.29, 0.717) is 12.3 Å². The van der Waals surface area contributed by atoms with E-state index in [0.717, 1.165) is 12.0 Å². The number of benzene rings is 1. The van der Waals surface area contributed by atoms with Crippen molar-refractivity contribution in [3.8, 4) is 0 Å². The minimum absolute atomic E-state index is 0.300. The summed E-state index contributed by atoms with van der Waals surface area (Å²) in [5.74, 6) is -3.56. The van der Waals surface area contributed by atoms with Gasteiger partial charge < -0.3 is 9.62 Å². The molecule has 0 aromatic heterocycles. The van der Waals surface area contributed by atoms with Crippen molar-refractivity contribution in [2.45, 2.75) is 39.0 Å². The fraction of sp³-hybridized carbons (Fsp3) is 0.471. The Kier molecular flexibility index (Phi) is 5.50. The summed E-state index contributed by atoms with van der Waals surface area (Å²) in [6, 6.07) is 7.84. The average Bonchev–Trinajstić information content (AvgIpc) is 2.81. The predicted molar refractivity (Wildman–Crippen MR) is 80.3 cm³/mol. The number of carbonyl (C=O) groups excluding carboxylic acids is 3. The summed E-state index contributed by atoms with van der Waals surface area (Å²) in [7, 11) is 0. The van der Waals surface area contributed by atoms with Gasteiger partial charge in [-0.05, 0) is 29.9 Å². The second kappa shape index (κ2) is 7.37. The second-order valence-electron chi connectivity index (χ2n) is 5.88. The van der Waals surface area contributed by atoms with Crippen LogP contribution in [0.3, 0.4) is 0 Å². The molecule has 2 rings (SSSR count). The van der Waals surface area contributed by atoms with E-state index in [4.69, 9.17) is 5.26 Å². The van der Waals surface area contributed by atoms with E-state index in [1.165, 1.54) is 5.56 Å². The normalized spacial score (nSPS) is 21.9. The molecule has 6 heteroatoms. The van der Waals surface area contributed by atoms with Gasteiger partial charge in [-0.1, -0.05) is 38.1 Å². The monoisotopic (exact) mass is 320 g/mol. The molecule has 1 fully saturated rings. The van der Waals surface area contributed by atoms with Gasteiger partial charge in [0.15, 0.2) is 0 Å². The molecule has 0 saturated carbocycles. The van der Waals surface area contributed by atoms with E-state index in [1.54, 1.807) is 0 Å². The van der Waals surface area contributed by atoms with Crippen LogP contribution < -0.4 is 0 Å². The first-order valence-electron chi connectivity index (χ1n) is 7.64. The summed E-state index contributed by atoms with van der Waals surface area (Å²) in [4.78, 5) is 38.3. The van der Waals surface area contributed by atoms with Crippen molar-refractivity contribution in [2.75, 3.05) is 0 Å². The lowest BCUT2D eigenvalue weighted by Crippen LogP contribution is -2.23. The van der Waals surface area contributed by atoms with Gasteiger partial charge in [0.25, 0.3) is 0 Å². The molecule has 1 aromatic carbocycles. The summed E-state index contributed by atoms with van der Waals surface area (Å²) < 4.78 is 4.62. The molecule has 1 heterocycles. The molecular formula is C17H20O6. The van der Waals surface area contributed by atoms with E-state index in [1.807, 2.05) is 24.3 Å². The van der Waals surface area contributed by atoms with Gasteiger partial charge in [-0.3, -0.25) is 9.59 Å². The van der Waals surface area contributed by atoms with Crippen LogP contribution in [-0.2, 0) is 30.4 Å². The highest BCUT2D eigenvalue weighted by Crippen LogP contribution is 2.30. The highest BCUT2D eigenvalue weighted by atomic mass is 17.1. The van der Waals surface area contributed by atoms with Crippen LogP contribution in [0.25, 0.3) is 0 Å². The molecule has 23 heavy (non-hydrogen) atoms. The highest BCUT2D eigenvalue weighted by Gasteiger charge is 2.45. The van der Waals surface area contributed by atoms with Crippen molar-refractivity contribution in [1.82, 2.24) is 0 Å². The third-order valence-electron chi connectivity index (χ3n) is 4.40. The first-order chi connectivity index (χ1) is 11.0. The first-order valence-corrected chi connectivity index (χ1v) is 7.64. The molecule has 1 aromatic rings. The van der Waals surface area contributed by atoms with Crippen molar-refractivity contribution < 1.29 is 29.3 Å². The second-order valence-corrected chi connectivity index (χ2v) is 5.88. The minimum Gasteiger partial charge on any atom is -0.393 e. The van der Waals surface area contributed by atoms with E-state index < -0.39 is 29.7 Å². The molecule has 0 aliphatic carbocycles. The van der Waals surface area contributed by atoms with Crippen molar-refractivity contribution in [3.05, 3.63) is 35.4 Å². The van der Waals surface area contributed by atoms with Gasteiger partial charge in [0.2, 0.25) is 0 Å². The molecule has 6 nitrogen and oxygen atoms in total. The largest absolute Gasteiger partial charge is 0.393 e. The van der Waals surface area contributed by atoms with Crippen molar-refractivity contribution in [3.63, 3.8) is 0 Å². The number of ether oxygens (including phenoxy) is 1.